The van der Waals surface area contributed by atoms with Crippen molar-refractivity contribution >= 4 is 45.9 Å². The molecule has 0 unspecified atom stereocenters. The minimum atomic E-state index is -0.598. The molecular formula is C25H24N2O4S. The number of hydrogen-bond donors (Lipinski definition) is 0. The highest BCUT2D eigenvalue weighted by atomic mass is 32.2. The van der Waals surface area contributed by atoms with Crippen molar-refractivity contribution in [1.29, 1.82) is 0 Å². The summed E-state index contributed by atoms with van der Waals surface area (Å²) < 4.78 is 7.29. The number of aromatic nitrogens is 1. The van der Waals surface area contributed by atoms with E-state index < -0.39 is 17.1 Å². The second-order valence-electron chi connectivity index (χ2n) is 7.89. The normalized spacial score (nSPS) is 15.4. The summed E-state index contributed by atoms with van der Waals surface area (Å²) in [7, 11) is 0. The van der Waals surface area contributed by atoms with E-state index in [2.05, 4.69) is 22.8 Å². The van der Waals surface area contributed by atoms with E-state index in [9.17, 15) is 14.4 Å². The average molecular weight is 449 g/mol. The summed E-state index contributed by atoms with van der Waals surface area (Å²) >= 11 is 0.850. The fourth-order valence-electron chi connectivity index (χ4n) is 3.81. The molecule has 4 rings (SSSR count). The van der Waals surface area contributed by atoms with Crippen LogP contribution in [0.4, 0.5) is 4.79 Å². The maximum atomic E-state index is 12.9. The first kappa shape index (κ1) is 21.9. The van der Waals surface area contributed by atoms with Crippen LogP contribution in [0, 0.1) is 6.92 Å². The SMILES string of the molecule is Cc1c(/C=C2/SC(=O)N(CC(=O)OC(C)C)C2=O)c2ccccc2n1Cc1ccccc1. The zero-order valence-corrected chi connectivity index (χ0v) is 19.0. The van der Waals surface area contributed by atoms with Gasteiger partial charge in [-0.25, -0.2) is 0 Å². The van der Waals surface area contributed by atoms with E-state index in [0.717, 1.165) is 38.8 Å². The van der Waals surface area contributed by atoms with E-state index >= 15 is 0 Å². The number of rotatable bonds is 6. The van der Waals surface area contributed by atoms with Crippen LogP contribution in [0.3, 0.4) is 0 Å². The molecule has 7 heteroatoms. The number of para-hydroxylation sites is 1. The number of carbonyl (C=O) groups is 3. The van der Waals surface area contributed by atoms with Crippen LogP contribution in [0.25, 0.3) is 17.0 Å². The lowest BCUT2D eigenvalue weighted by atomic mass is 10.1. The van der Waals surface area contributed by atoms with Crippen LogP contribution in [0.15, 0.2) is 59.5 Å². The topological polar surface area (TPSA) is 68.6 Å². The lowest BCUT2D eigenvalue weighted by Gasteiger charge is -2.13. The van der Waals surface area contributed by atoms with E-state index in [4.69, 9.17) is 4.74 Å². The van der Waals surface area contributed by atoms with Crippen LogP contribution in [-0.4, -0.2) is 39.2 Å². The molecule has 0 atom stereocenters. The number of ether oxygens (including phenoxy) is 1. The molecule has 2 amide bonds. The predicted octanol–water partition coefficient (Wildman–Crippen LogP) is 4.99. The van der Waals surface area contributed by atoms with Gasteiger partial charge in [-0.3, -0.25) is 19.3 Å². The number of carbonyl (C=O) groups excluding carboxylic acids is 3. The molecule has 3 aromatic rings. The molecule has 0 N–H and O–H groups in total. The Morgan fingerprint density at radius 1 is 1.06 bits per heavy atom. The van der Waals surface area contributed by atoms with Crippen molar-refractivity contribution in [3.8, 4) is 0 Å². The van der Waals surface area contributed by atoms with Crippen molar-refractivity contribution in [2.75, 3.05) is 6.54 Å². The summed E-state index contributed by atoms with van der Waals surface area (Å²) in [6, 6.07) is 18.2. The molecule has 1 aliphatic heterocycles. The zero-order valence-electron chi connectivity index (χ0n) is 18.2. The van der Waals surface area contributed by atoms with Gasteiger partial charge in [-0.05, 0) is 50.2 Å². The summed E-state index contributed by atoms with van der Waals surface area (Å²) in [5, 5.41) is 0.541. The van der Waals surface area contributed by atoms with Crippen LogP contribution in [0.1, 0.15) is 30.7 Å². The van der Waals surface area contributed by atoms with Crippen molar-refractivity contribution < 1.29 is 19.1 Å². The Hall–Kier alpha value is -3.32. The molecule has 0 bridgehead atoms. The first-order valence-corrected chi connectivity index (χ1v) is 11.2. The largest absolute Gasteiger partial charge is 0.462 e. The van der Waals surface area contributed by atoms with Crippen LogP contribution in [-0.2, 0) is 20.9 Å². The fraction of sp³-hybridized carbons (Fsp3) is 0.240. The van der Waals surface area contributed by atoms with E-state index in [-0.39, 0.29) is 12.6 Å². The van der Waals surface area contributed by atoms with Gasteiger partial charge in [-0.15, -0.1) is 0 Å². The third-order valence-corrected chi connectivity index (χ3v) is 6.17. The summed E-state index contributed by atoms with van der Waals surface area (Å²) in [5.41, 5.74) is 4.12. The first-order valence-electron chi connectivity index (χ1n) is 10.4. The highest BCUT2D eigenvalue weighted by molar-refractivity contribution is 8.18. The molecular weight excluding hydrogens is 424 g/mol. The maximum absolute atomic E-state index is 12.9. The van der Waals surface area contributed by atoms with Gasteiger partial charge < -0.3 is 9.30 Å². The van der Waals surface area contributed by atoms with Crippen LogP contribution < -0.4 is 0 Å². The Bertz CT molecular complexity index is 1230. The molecule has 1 aliphatic rings. The molecule has 2 aromatic carbocycles. The maximum Gasteiger partial charge on any atom is 0.326 e. The molecule has 1 fully saturated rings. The lowest BCUT2D eigenvalue weighted by molar-refractivity contribution is -0.149. The molecule has 0 radical (unpaired) electrons. The van der Waals surface area contributed by atoms with Gasteiger partial charge in [-0.2, -0.15) is 0 Å². The zero-order chi connectivity index (χ0) is 22.8. The van der Waals surface area contributed by atoms with Crippen LogP contribution in [0.2, 0.25) is 0 Å². The molecule has 1 aromatic heterocycles. The average Bonchev–Trinajstić information content (AvgIpc) is 3.17. The molecule has 1 saturated heterocycles. The van der Waals surface area contributed by atoms with Crippen molar-refractivity contribution in [2.45, 2.75) is 33.4 Å². The number of hydrogen-bond acceptors (Lipinski definition) is 5. The van der Waals surface area contributed by atoms with Gasteiger partial charge in [0.1, 0.15) is 6.54 Å². The predicted molar refractivity (Wildman–Crippen MR) is 126 cm³/mol. The number of benzene rings is 2. The summed E-state index contributed by atoms with van der Waals surface area (Å²) in [6.45, 7) is 5.77. The number of fused-ring (bicyclic) bond motifs is 1. The number of thioether (sulfide) groups is 1. The quantitative estimate of drug-likeness (QED) is 0.393. The molecule has 32 heavy (non-hydrogen) atoms. The first-order chi connectivity index (χ1) is 15.3. The van der Waals surface area contributed by atoms with Gasteiger partial charge in [0, 0.05) is 28.7 Å². The van der Waals surface area contributed by atoms with Gasteiger partial charge in [0.25, 0.3) is 11.1 Å². The molecule has 164 valence electrons. The number of amides is 2. The molecule has 0 spiro atoms. The van der Waals surface area contributed by atoms with Crippen LogP contribution >= 0.6 is 11.8 Å². The van der Waals surface area contributed by atoms with Crippen molar-refractivity contribution in [1.82, 2.24) is 9.47 Å². The van der Waals surface area contributed by atoms with Crippen molar-refractivity contribution in [3.63, 3.8) is 0 Å². The highest BCUT2D eigenvalue weighted by Crippen LogP contribution is 2.35. The van der Waals surface area contributed by atoms with Gasteiger partial charge in [0.05, 0.1) is 11.0 Å². The molecule has 0 aliphatic carbocycles. The van der Waals surface area contributed by atoms with E-state index in [0.29, 0.717) is 11.4 Å². The highest BCUT2D eigenvalue weighted by Gasteiger charge is 2.37. The van der Waals surface area contributed by atoms with Gasteiger partial charge in [0.2, 0.25) is 0 Å². The number of esters is 1. The Balaban J connectivity index is 1.68. The molecule has 0 saturated carbocycles. The minimum absolute atomic E-state index is 0.304. The lowest BCUT2D eigenvalue weighted by Crippen LogP contribution is -2.35. The minimum Gasteiger partial charge on any atom is -0.462 e. The number of imide groups is 1. The van der Waals surface area contributed by atoms with E-state index in [1.165, 1.54) is 5.56 Å². The second kappa shape index (κ2) is 9.04. The fourth-order valence-corrected chi connectivity index (χ4v) is 4.63. The van der Waals surface area contributed by atoms with Crippen molar-refractivity contribution in [2.24, 2.45) is 0 Å². The van der Waals surface area contributed by atoms with Crippen molar-refractivity contribution in [3.05, 3.63) is 76.3 Å². The summed E-state index contributed by atoms with van der Waals surface area (Å²) in [5.74, 6) is -1.07. The molecule has 2 heterocycles. The summed E-state index contributed by atoms with van der Waals surface area (Å²) in [6.07, 6.45) is 1.45. The van der Waals surface area contributed by atoms with E-state index in [1.807, 2.05) is 43.3 Å². The Morgan fingerprint density at radius 3 is 2.47 bits per heavy atom. The third kappa shape index (κ3) is 4.34. The summed E-state index contributed by atoms with van der Waals surface area (Å²) in [4.78, 5) is 38.5. The Labute approximate surface area is 190 Å². The van der Waals surface area contributed by atoms with Crippen LogP contribution in [0.5, 0.6) is 0 Å². The third-order valence-electron chi connectivity index (χ3n) is 5.27. The smallest absolute Gasteiger partial charge is 0.326 e. The van der Waals surface area contributed by atoms with Gasteiger partial charge in [-0.1, -0.05) is 48.5 Å². The Kier molecular flexibility index (Phi) is 6.19. The molecule has 6 nitrogen and oxygen atoms in total. The van der Waals surface area contributed by atoms with E-state index in [1.54, 1.807) is 19.9 Å². The van der Waals surface area contributed by atoms with Gasteiger partial charge >= 0.3 is 5.97 Å². The Morgan fingerprint density at radius 2 is 1.75 bits per heavy atom. The number of nitrogens with zero attached hydrogens (tertiary/aromatic N) is 2. The second-order valence-corrected chi connectivity index (χ2v) is 8.89. The standard InChI is InChI=1S/C25H24N2O4S/c1-16(2)31-23(28)15-27-24(29)22(32-25(27)30)13-20-17(3)26(14-18-9-5-4-6-10-18)21-12-8-7-11-19(20)21/h4-13,16H,14-15H2,1-3H3/b22-13+. The monoisotopic (exact) mass is 448 g/mol. The van der Waals surface area contributed by atoms with Gasteiger partial charge in [0.15, 0.2) is 0 Å².